The zero-order valence-electron chi connectivity index (χ0n) is 16.1. The average Bonchev–Trinajstić information content (AvgIpc) is 2.75. The number of para-hydroxylation sites is 1. The van der Waals surface area contributed by atoms with Crippen molar-refractivity contribution in [3.8, 4) is 11.3 Å². The quantitative estimate of drug-likeness (QED) is 0.674. The van der Waals surface area contributed by atoms with E-state index in [4.69, 9.17) is 0 Å². The summed E-state index contributed by atoms with van der Waals surface area (Å²) in [5.41, 5.74) is 4.05. The minimum atomic E-state index is -0.893. The third-order valence-corrected chi connectivity index (χ3v) is 4.80. The van der Waals surface area contributed by atoms with Crippen molar-refractivity contribution in [2.24, 2.45) is 0 Å². The maximum absolute atomic E-state index is 14.6. The molecule has 1 aliphatic rings. The van der Waals surface area contributed by atoms with Crippen LogP contribution in [0.3, 0.4) is 0 Å². The summed E-state index contributed by atoms with van der Waals surface area (Å²) in [5.74, 6) is -1.43. The van der Waals surface area contributed by atoms with E-state index in [1.165, 1.54) is 11.1 Å². The fourth-order valence-electron chi connectivity index (χ4n) is 3.41. The van der Waals surface area contributed by atoms with Crippen LogP contribution in [0.5, 0.6) is 0 Å². The molecule has 0 fully saturated rings. The molecule has 0 aliphatic carbocycles. The molecular formula is C21H19F2N5O2. The highest BCUT2D eigenvalue weighted by Crippen LogP contribution is 2.39. The fourth-order valence-corrected chi connectivity index (χ4v) is 3.41. The van der Waals surface area contributed by atoms with Gasteiger partial charge in [0.2, 0.25) is 0 Å². The number of benzene rings is 2. The highest BCUT2D eigenvalue weighted by atomic mass is 19.1. The van der Waals surface area contributed by atoms with E-state index in [0.717, 1.165) is 22.6 Å². The van der Waals surface area contributed by atoms with Gasteiger partial charge < -0.3 is 5.11 Å². The molecule has 2 amide bonds. The van der Waals surface area contributed by atoms with E-state index in [1.54, 1.807) is 7.05 Å². The van der Waals surface area contributed by atoms with Gasteiger partial charge in [0.15, 0.2) is 5.82 Å². The summed E-state index contributed by atoms with van der Waals surface area (Å²) in [6.45, 7) is -0.113. The molecule has 1 aliphatic heterocycles. The van der Waals surface area contributed by atoms with Gasteiger partial charge in [-0.05, 0) is 12.1 Å². The average molecular weight is 411 g/mol. The van der Waals surface area contributed by atoms with Crippen molar-refractivity contribution in [1.82, 2.24) is 20.4 Å². The number of hydrogen-bond acceptors (Lipinski definition) is 5. The molecule has 154 valence electrons. The molecule has 0 bridgehead atoms. The second-order valence-electron chi connectivity index (χ2n) is 6.63. The number of aliphatic hydroxyl groups is 1. The van der Waals surface area contributed by atoms with Gasteiger partial charge in [0.1, 0.15) is 23.1 Å². The molecule has 0 spiro atoms. The summed E-state index contributed by atoms with van der Waals surface area (Å²) in [6, 6.07) is 11.9. The number of fused-ring (bicyclic) bond motifs is 1. The van der Waals surface area contributed by atoms with Gasteiger partial charge in [-0.2, -0.15) is 0 Å². The maximum atomic E-state index is 14.6. The Labute approximate surface area is 171 Å². The lowest BCUT2D eigenvalue weighted by atomic mass is 10.0. The van der Waals surface area contributed by atoms with Gasteiger partial charge in [0.05, 0.1) is 18.8 Å². The first-order valence-corrected chi connectivity index (χ1v) is 9.34. The number of rotatable bonds is 5. The first-order chi connectivity index (χ1) is 14.5. The molecule has 1 aromatic heterocycles. The van der Waals surface area contributed by atoms with E-state index in [2.05, 4.69) is 15.4 Å². The van der Waals surface area contributed by atoms with Crippen LogP contribution < -0.4 is 10.3 Å². The lowest BCUT2D eigenvalue weighted by Gasteiger charge is -2.36. The lowest BCUT2D eigenvalue weighted by Crippen LogP contribution is -2.51. The van der Waals surface area contributed by atoms with E-state index in [9.17, 15) is 18.7 Å². The lowest BCUT2D eigenvalue weighted by molar-refractivity contribution is 0.178. The normalized spacial score (nSPS) is 13.5. The highest BCUT2D eigenvalue weighted by molar-refractivity contribution is 6.01. The van der Waals surface area contributed by atoms with Crippen molar-refractivity contribution in [2.75, 3.05) is 18.6 Å². The Balaban J connectivity index is 2.02. The topological polar surface area (TPSA) is 81.6 Å². The maximum Gasteiger partial charge on any atom is 0.345 e. The van der Waals surface area contributed by atoms with E-state index in [-0.39, 0.29) is 31.2 Å². The predicted molar refractivity (Wildman–Crippen MR) is 107 cm³/mol. The number of amides is 2. The monoisotopic (exact) mass is 411 g/mol. The van der Waals surface area contributed by atoms with E-state index in [1.807, 2.05) is 30.3 Å². The summed E-state index contributed by atoms with van der Waals surface area (Å²) in [5, 5.41) is 10.6. The number of aliphatic hydroxyl groups excluding tert-OH is 1. The van der Waals surface area contributed by atoms with Crippen LogP contribution in [0.25, 0.3) is 11.3 Å². The van der Waals surface area contributed by atoms with Gasteiger partial charge in [-0.15, -0.1) is 0 Å². The molecule has 0 unspecified atom stereocenters. The van der Waals surface area contributed by atoms with Crippen molar-refractivity contribution in [1.29, 1.82) is 0 Å². The molecule has 4 rings (SSSR count). The molecule has 7 nitrogen and oxygen atoms in total. The molecule has 9 heteroatoms. The summed E-state index contributed by atoms with van der Waals surface area (Å²) in [4.78, 5) is 23.0. The van der Waals surface area contributed by atoms with Gasteiger partial charge in [0, 0.05) is 24.6 Å². The third kappa shape index (κ3) is 3.38. The molecule has 0 saturated carbocycles. The molecule has 3 aromatic rings. The number of aromatic nitrogens is 2. The summed E-state index contributed by atoms with van der Waals surface area (Å²) in [7, 11) is 1.54. The van der Waals surface area contributed by atoms with E-state index >= 15 is 0 Å². The Morgan fingerprint density at radius 2 is 1.77 bits per heavy atom. The molecule has 30 heavy (non-hydrogen) atoms. The molecule has 2 aromatic carbocycles. The Kier molecular flexibility index (Phi) is 5.39. The van der Waals surface area contributed by atoms with Gasteiger partial charge >= 0.3 is 6.03 Å². The fraction of sp³-hybridized carbons (Fsp3) is 0.190. The highest BCUT2D eigenvalue weighted by Gasteiger charge is 2.37. The van der Waals surface area contributed by atoms with Gasteiger partial charge in [-0.25, -0.2) is 33.9 Å². The van der Waals surface area contributed by atoms with Crippen molar-refractivity contribution in [2.45, 2.75) is 13.0 Å². The van der Waals surface area contributed by atoms with Crippen molar-refractivity contribution < 1.29 is 18.7 Å². The van der Waals surface area contributed by atoms with Crippen LogP contribution in [0.2, 0.25) is 0 Å². The smallest absolute Gasteiger partial charge is 0.345 e. The number of halogens is 2. The van der Waals surface area contributed by atoms with Crippen LogP contribution in [0.4, 0.5) is 25.1 Å². The largest absolute Gasteiger partial charge is 0.396 e. The number of hydrazine groups is 1. The minimum absolute atomic E-state index is 0.0906. The SMILES string of the molecule is CNN1Cc2c(-c3ccccc3)nc(CCO)nc2N(c2c(F)cccc2F)C1=O. The zero-order valence-corrected chi connectivity index (χ0v) is 16.1. The second-order valence-corrected chi connectivity index (χ2v) is 6.63. The minimum Gasteiger partial charge on any atom is -0.396 e. The molecule has 2 N–H and O–H groups in total. The summed E-state index contributed by atoms with van der Waals surface area (Å²) >= 11 is 0. The van der Waals surface area contributed by atoms with Gasteiger partial charge in [0.25, 0.3) is 0 Å². The summed E-state index contributed by atoms with van der Waals surface area (Å²) in [6.07, 6.45) is 0.130. The van der Waals surface area contributed by atoms with Crippen LogP contribution in [-0.4, -0.2) is 39.8 Å². The Morgan fingerprint density at radius 1 is 1.07 bits per heavy atom. The van der Waals surface area contributed by atoms with Crippen LogP contribution >= 0.6 is 0 Å². The summed E-state index contributed by atoms with van der Waals surface area (Å²) < 4.78 is 29.3. The predicted octanol–water partition coefficient (Wildman–Crippen LogP) is 3.16. The molecule has 0 saturated heterocycles. The molecule has 0 radical (unpaired) electrons. The zero-order chi connectivity index (χ0) is 21.3. The van der Waals surface area contributed by atoms with Crippen LogP contribution in [0, 0.1) is 11.6 Å². The molecule has 0 atom stereocenters. The first-order valence-electron chi connectivity index (χ1n) is 9.34. The van der Waals surface area contributed by atoms with Crippen LogP contribution in [-0.2, 0) is 13.0 Å². The van der Waals surface area contributed by atoms with Gasteiger partial charge in [-0.3, -0.25) is 5.01 Å². The van der Waals surface area contributed by atoms with E-state index < -0.39 is 23.4 Å². The number of nitrogens with zero attached hydrogens (tertiary/aromatic N) is 4. The van der Waals surface area contributed by atoms with Crippen LogP contribution in [0.1, 0.15) is 11.4 Å². The van der Waals surface area contributed by atoms with Crippen molar-refractivity contribution in [3.05, 3.63) is 71.6 Å². The van der Waals surface area contributed by atoms with E-state index in [0.29, 0.717) is 11.3 Å². The number of nitrogens with one attached hydrogen (secondary N) is 1. The standard InChI is InChI=1S/C21H19F2N5O2/c1-24-27-12-14-18(13-6-3-2-4-7-13)25-17(10-11-29)26-20(14)28(21(27)30)19-15(22)8-5-9-16(19)23/h2-9,24,29H,10-12H2,1H3. The second kappa shape index (κ2) is 8.13. The number of hydrogen-bond donors (Lipinski definition) is 2. The molecule has 2 heterocycles. The van der Waals surface area contributed by atoms with Crippen LogP contribution in [0.15, 0.2) is 48.5 Å². The number of anilines is 2. The van der Waals surface area contributed by atoms with Crippen molar-refractivity contribution in [3.63, 3.8) is 0 Å². The Morgan fingerprint density at radius 3 is 2.40 bits per heavy atom. The Hall–Kier alpha value is -3.43. The van der Waals surface area contributed by atoms with Gasteiger partial charge in [-0.1, -0.05) is 36.4 Å². The number of carbonyl (C=O) groups is 1. The number of urea groups is 1. The molecular weight excluding hydrogens is 392 g/mol. The first kappa shape index (κ1) is 19.9. The third-order valence-electron chi connectivity index (χ3n) is 4.80. The van der Waals surface area contributed by atoms with Crippen molar-refractivity contribution >= 4 is 17.5 Å². The number of carbonyl (C=O) groups excluding carboxylic acids is 1. The Bertz CT molecular complexity index is 1070.